The van der Waals surface area contributed by atoms with Gasteiger partial charge in [-0.25, -0.2) is 0 Å². The van der Waals surface area contributed by atoms with Crippen molar-refractivity contribution in [2.24, 2.45) is 0 Å². The average Bonchev–Trinajstić information content (AvgIpc) is 2.47. The first-order valence-electron chi connectivity index (χ1n) is 6.86. The van der Waals surface area contributed by atoms with Crippen molar-refractivity contribution in [2.45, 2.75) is 19.3 Å². The van der Waals surface area contributed by atoms with Crippen LogP contribution in [0.15, 0.2) is 54.6 Å². The monoisotopic (exact) mass is 246 g/mol. The zero-order valence-electron chi connectivity index (χ0n) is 11.2. The third-order valence-corrected chi connectivity index (χ3v) is 3.70. The number of fused-ring (bicyclic) bond motifs is 1. The SMILES string of the molecule is CC1CC=Cc2ccc(/C=C/c3ccccc3)cc21. The molecule has 0 amide bonds. The zero-order valence-corrected chi connectivity index (χ0v) is 11.2. The van der Waals surface area contributed by atoms with Gasteiger partial charge in [0.15, 0.2) is 0 Å². The van der Waals surface area contributed by atoms with Crippen LogP contribution in [0.3, 0.4) is 0 Å². The summed E-state index contributed by atoms with van der Waals surface area (Å²) in [6.07, 6.45) is 10.0. The quantitative estimate of drug-likeness (QED) is 0.624. The molecule has 1 unspecified atom stereocenters. The molecule has 2 aromatic carbocycles. The van der Waals surface area contributed by atoms with Crippen LogP contribution in [0.4, 0.5) is 0 Å². The largest absolute Gasteiger partial charge is 0.0833 e. The van der Waals surface area contributed by atoms with Crippen molar-refractivity contribution in [1.29, 1.82) is 0 Å². The van der Waals surface area contributed by atoms with E-state index in [9.17, 15) is 0 Å². The van der Waals surface area contributed by atoms with Crippen LogP contribution in [0.2, 0.25) is 0 Å². The van der Waals surface area contributed by atoms with Gasteiger partial charge < -0.3 is 0 Å². The normalized spacial score (nSPS) is 17.6. The molecular formula is C19H18. The van der Waals surface area contributed by atoms with Crippen LogP contribution in [0.5, 0.6) is 0 Å². The van der Waals surface area contributed by atoms with Gasteiger partial charge in [-0.3, -0.25) is 0 Å². The minimum Gasteiger partial charge on any atom is -0.0833 e. The standard InChI is InChI=1S/C19H18/c1-15-6-5-9-18-13-12-17(14-19(15)18)11-10-16-7-3-2-4-8-16/h2-5,7-15H,6H2,1H3/b11-10+. The zero-order chi connectivity index (χ0) is 13.1. The summed E-state index contributed by atoms with van der Waals surface area (Å²) in [7, 11) is 0. The van der Waals surface area contributed by atoms with Crippen molar-refractivity contribution in [3.63, 3.8) is 0 Å². The topological polar surface area (TPSA) is 0 Å². The maximum absolute atomic E-state index is 2.32. The Labute approximate surface area is 115 Å². The maximum atomic E-state index is 2.32. The molecule has 0 spiro atoms. The Morgan fingerprint density at radius 2 is 1.74 bits per heavy atom. The van der Waals surface area contributed by atoms with Gasteiger partial charge >= 0.3 is 0 Å². The van der Waals surface area contributed by atoms with Crippen molar-refractivity contribution >= 4 is 18.2 Å². The smallest absolute Gasteiger partial charge is 0.0150 e. The Balaban J connectivity index is 1.89. The third-order valence-electron chi connectivity index (χ3n) is 3.70. The molecule has 0 nitrogen and oxygen atoms in total. The Morgan fingerprint density at radius 3 is 2.58 bits per heavy atom. The highest BCUT2D eigenvalue weighted by molar-refractivity contribution is 5.71. The van der Waals surface area contributed by atoms with Crippen LogP contribution in [-0.4, -0.2) is 0 Å². The summed E-state index contributed by atoms with van der Waals surface area (Å²) in [6.45, 7) is 2.30. The molecule has 0 saturated carbocycles. The minimum atomic E-state index is 0.630. The van der Waals surface area contributed by atoms with E-state index in [1.54, 1.807) is 0 Å². The molecule has 0 radical (unpaired) electrons. The molecule has 0 aliphatic heterocycles. The molecule has 0 N–H and O–H groups in total. The summed E-state index contributed by atoms with van der Waals surface area (Å²) < 4.78 is 0. The van der Waals surface area contributed by atoms with Gasteiger partial charge in [-0.2, -0.15) is 0 Å². The van der Waals surface area contributed by atoms with Crippen LogP contribution in [-0.2, 0) is 0 Å². The molecule has 0 saturated heterocycles. The van der Waals surface area contributed by atoms with Gasteiger partial charge in [0.2, 0.25) is 0 Å². The van der Waals surface area contributed by atoms with Crippen LogP contribution in [0.1, 0.15) is 41.5 Å². The molecular weight excluding hydrogens is 228 g/mol. The molecule has 3 rings (SSSR count). The highest BCUT2D eigenvalue weighted by Gasteiger charge is 2.11. The molecule has 0 fully saturated rings. The number of rotatable bonds is 2. The van der Waals surface area contributed by atoms with Crippen molar-refractivity contribution in [3.05, 3.63) is 76.9 Å². The average molecular weight is 246 g/mol. The predicted octanol–water partition coefficient (Wildman–Crippen LogP) is 5.38. The number of allylic oxidation sites excluding steroid dienone is 1. The summed E-state index contributed by atoms with van der Waals surface area (Å²) in [5.41, 5.74) is 5.37. The first-order valence-corrected chi connectivity index (χ1v) is 6.86. The predicted molar refractivity (Wildman–Crippen MR) is 83.9 cm³/mol. The van der Waals surface area contributed by atoms with Gasteiger partial charge in [-0.15, -0.1) is 0 Å². The lowest BCUT2D eigenvalue weighted by Crippen LogP contribution is -1.99. The Morgan fingerprint density at radius 1 is 0.947 bits per heavy atom. The number of hydrogen-bond donors (Lipinski definition) is 0. The van der Waals surface area contributed by atoms with Gasteiger partial charge in [-0.05, 0) is 34.6 Å². The van der Waals surface area contributed by atoms with E-state index in [2.05, 4.69) is 73.7 Å². The highest BCUT2D eigenvalue weighted by Crippen LogP contribution is 2.30. The van der Waals surface area contributed by atoms with Crippen LogP contribution in [0, 0.1) is 0 Å². The molecule has 0 aromatic heterocycles. The Bertz CT molecular complexity index is 618. The molecule has 1 aliphatic rings. The van der Waals surface area contributed by atoms with Crippen LogP contribution < -0.4 is 0 Å². The van der Waals surface area contributed by atoms with E-state index < -0.39 is 0 Å². The lowest BCUT2D eigenvalue weighted by molar-refractivity contribution is 0.771. The van der Waals surface area contributed by atoms with E-state index in [-0.39, 0.29) is 0 Å². The maximum Gasteiger partial charge on any atom is -0.0150 e. The summed E-state index contributed by atoms with van der Waals surface area (Å²) in [6, 6.07) is 17.2. The van der Waals surface area contributed by atoms with Crippen molar-refractivity contribution in [2.75, 3.05) is 0 Å². The molecule has 94 valence electrons. The van der Waals surface area contributed by atoms with Gasteiger partial charge in [-0.1, -0.05) is 79.8 Å². The second kappa shape index (κ2) is 5.27. The highest BCUT2D eigenvalue weighted by atomic mass is 14.2. The molecule has 0 heteroatoms. The summed E-state index contributed by atoms with van der Waals surface area (Å²) in [5, 5.41) is 0. The molecule has 2 aromatic rings. The summed E-state index contributed by atoms with van der Waals surface area (Å²) in [4.78, 5) is 0. The van der Waals surface area contributed by atoms with Gasteiger partial charge in [0, 0.05) is 0 Å². The summed E-state index contributed by atoms with van der Waals surface area (Å²) in [5.74, 6) is 0.630. The van der Waals surface area contributed by atoms with Gasteiger partial charge in [0.05, 0.1) is 0 Å². The van der Waals surface area contributed by atoms with Crippen molar-refractivity contribution in [3.8, 4) is 0 Å². The van der Waals surface area contributed by atoms with Gasteiger partial charge in [0.25, 0.3) is 0 Å². The minimum absolute atomic E-state index is 0.630. The fourth-order valence-electron chi connectivity index (χ4n) is 2.56. The van der Waals surface area contributed by atoms with Crippen molar-refractivity contribution in [1.82, 2.24) is 0 Å². The second-order valence-electron chi connectivity index (χ2n) is 5.17. The first kappa shape index (κ1) is 12.0. The first-order chi connectivity index (χ1) is 9.33. The van der Waals surface area contributed by atoms with Gasteiger partial charge in [0.1, 0.15) is 0 Å². The molecule has 19 heavy (non-hydrogen) atoms. The molecule has 0 bridgehead atoms. The number of hydrogen-bond acceptors (Lipinski definition) is 0. The van der Waals surface area contributed by atoms with E-state index in [0.717, 1.165) is 6.42 Å². The molecule has 1 atom stereocenters. The Kier molecular flexibility index (Phi) is 3.33. The van der Waals surface area contributed by atoms with E-state index in [1.807, 2.05) is 6.07 Å². The lowest BCUT2D eigenvalue weighted by atomic mass is 9.87. The fraction of sp³-hybridized carbons (Fsp3) is 0.158. The van der Waals surface area contributed by atoms with E-state index >= 15 is 0 Å². The van der Waals surface area contributed by atoms with Crippen molar-refractivity contribution < 1.29 is 0 Å². The fourth-order valence-corrected chi connectivity index (χ4v) is 2.56. The molecule has 1 aliphatic carbocycles. The van der Waals surface area contributed by atoms with E-state index in [0.29, 0.717) is 5.92 Å². The lowest BCUT2D eigenvalue weighted by Gasteiger charge is -2.18. The van der Waals surface area contributed by atoms with E-state index in [4.69, 9.17) is 0 Å². The molecule has 0 heterocycles. The van der Waals surface area contributed by atoms with Crippen LogP contribution in [0.25, 0.3) is 18.2 Å². The van der Waals surface area contributed by atoms with Crippen LogP contribution >= 0.6 is 0 Å². The number of benzene rings is 2. The second-order valence-corrected chi connectivity index (χ2v) is 5.17. The Hall–Kier alpha value is -2.08. The summed E-state index contributed by atoms with van der Waals surface area (Å²) >= 11 is 0. The van der Waals surface area contributed by atoms with E-state index in [1.165, 1.54) is 22.3 Å². The third kappa shape index (κ3) is 2.68.